The summed E-state index contributed by atoms with van der Waals surface area (Å²) in [5.74, 6) is 0.695. The first-order valence-corrected chi connectivity index (χ1v) is 21.7. The molecule has 1 aliphatic rings. The molecule has 2 aromatic heterocycles. The van der Waals surface area contributed by atoms with Crippen molar-refractivity contribution < 1.29 is 0 Å². The predicted molar refractivity (Wildman–Crippen MR) is 263 cm³/mol. The molecule has 3 nitrogen and oxygen atoms in total. The molecule has 2 heterocycles. The van der Waals surface area contributed by atoms with E-state index in [1.807, 2.05) is 18.3 Å². The van der Waals surface area contributed by atoms with Gasteiger partial charge in [-0.3, -0.25) is 4.98 Å². The van der Waals surface area contributed by atoms with Crippen molar-refractivity contribution >= 4 is 32.3 Å². The molecular formula is C60H41N3. The highest BCUT2D eigenvalue weighted by Crippen LogP contribution is 2.52. The third-order valence-electron chi connectivity index (χ3n) is 13.2. The molecule has 0 saturated heterocycles. The molecule has 0 unspecified atom stereocenters. The maximum absolute atomic E-state index is 5.29. The lowest BCUT2D eigenvalue weighted by molar-refractivity contribution is 0.661. The summed E-state index contributed by atoms with van der Waals surface area (Å²) in [4.78, 5) is 14.9. The Hall–Kier alpha value is -8.01. The smallest absolute Gasteiger partial charge is 0.161 e. The number of pyridine rings is 1. The summed E-state index contributed by atoms with van der Waals surface area (Å²) >= 11 is 0. The molecule has 296 valence electrons. The second kappa shape index (κ2) is 14.6. The van der Waals surface area contributed by atoms with E-state index >= 15 is 0 Å². The number of fused-ring (bicyclic) bond motifs is 7. The maximum Gasteiger partial charge on any atom is 0.161 e. The van der Waals surface area contributed by atoms with Gasteiger partial charge in [0.15, 0.2) is 5.82 Å². The molecule has 0 spiro atoms. The molecule has 12 rings (SSSR count). The van der Waals surface area contributed by atoms with Gasteiger partial charge in [-0.25, -0.2) is 9.97 Å². The Labute approximate surface area is 367 Å². The Balaban J connectivity index is 0.973. The lowest BCUT2D eigenvalue weighted by Gasteiger charge is -2.22. The van der Waals surface area contributed by atoms with Gasteiger partial charge in [0.1, 0.15) is 0 Å². The fourth-order valence-corrected chi connectivity index (χ4v) is 10.0. The van der Waals surface area contributed by atoms with Crippen molar-refractivity contribution in [2.24, 2.45) is 0 Å². The second-order valence-electron chi connectivity index (χ2n) is 17.2. The van der Waals surface area contributed by atoms with Crippen LogP contribution in [-0.2, 0) is 5.41 Å². The Kier molecular flexibility index (Phi) is 8.52. The van der Waals surface area contributed by atoms with E-state index in [1.165, 1.54) is 66.1 Å². The molecule has 0 bridgehead atoms. The first-order chi connectivity index (χ1) is 31.0. The third kappa shape index (κ3) is 6.07. The zero-order chi connectivity index (χ0) is 42.1. The molecular weight excluding hydrogens is 763 g/mol. The topological polar surface area (TPSA) is 38.7 Å². The monoisotopic (exact) mass is 803 g/mol. The quantitative estimate of drug-likeness (QED) is 0.168. The van der Waals surface area contributed by atoms with Crippen molar-refractivity contribution in [1.29, 1.82) is 0 Å². The van der Waals surface area contributed by atoms with E-state index in [-0.39, 0.29) is 5.41 Å². The summed E-state index contributed by atoms with van der Waals surface area (Å²) in [7, 11) is 0. The van der Waals surface area contributed by atoms with Gasteiger partial charge < -0.3 is 0 Å². The van der Waals surface area contributed by atoms with E-state index in [4.69, 9.17) is 9.97 Å². The summed E-state index contributed by atoms with van der Waals surface area (Å²) in [6.07, 6.45) is 3.70. The van der Waals surface area contributed by atoms with E-state index in [1.54, 1.807) is 6.20 Å². The average molecular weight is 804 g/mol. The maximum atomic E-state index is 5.29. The highest BCUT2D eigenvalue weighted by molar-refractivity contribution is 6.12. The molecule has 0 N–H and O–H groups in total. The molecule has 0 saturated carbocycles. The van der Waals surface area contributed by atoms with Gasteiger partial charge >= 0.3 is 0 Å². The summed E-state index contributed by atoms with van der Waals surface area (Å²) in [5, 5.41) is 7.34. The van der Waals surface area contributed by atoms with Gasteiger partial charge in [0.05, 0.1) is 11.4 Å². The SMILES string of the molecule is CC1(C)c2cc(-c3ccc(-c4ccc(-c5nc(-c6ccccc6)cc(-c6ccc(-c7cccnc7)cc6)n5)c5ccccc45)c4ccccc34)ccc2-c2c1ccc1ccccc21. The van der Waals surface area contributed by atoms with Crippen LogP contribution in [0.25, 0.3) is 111 Å². The van der Waals surface area contributed by atoms with E-state index in [0.717, 1.165) is 50.0 Å². The van der Waals surface area contributed by atoms with Crippen molar-refractivity contribution in [1.82, 2.24) is 15.0 Å². The van der Waals surface area contributed by atoms with Crippen LogP contribution in [0.4, 0.5) is 0 Å². The molecule has 0 amide bonds. The molecule has 11 aromatic rings. The summed E-state index contributed by atoms with van der Waals surface area (Å²) in [5.41, 5.74) is 17.3. The molecule has 0 aliphatic heterocycles. The number of aromatic nitrogens is 3. The van der Waals surface area contributed by atoms with Crippen LogP contribution in [0.1, 0.15) is 25.0 Å². The van der Waals surface area contributed by atoms with E-state index in [9.17, 15) is 0 Å². The number of nitrogens with zero attached hydrogens (tertiary/aromatic N) is 3. The second-order valence-corrected chi connectivity index (χ2v) is 17.2. The zero-order valence-corrected chi connectivity index (χ0v) is 35.0. The van der Waals surface area contributed by atoms with Gasteiger partial charge in [-0.1, -0.05) is 190 Å². The van der Waals surface area contributed by atoms with Gasteiger partial charge in [0.25, 0.3) is 0 Å². The minimum Gasteiger partial charge on any atom is -0.264 e. The van der Waals surface area contributed by atoms with Crippen molar-refractivity contribution in [3.05, 3.63) is 224 Å². The number of hydrogen-bond donors (Lipinski definition) is 0. The van der Waals surface area contributed by atoms with Gasteiger partial charge in [-0.2, -0.15) is 0 Å². The molecule has 3 heteroatoms. The molecule has 9 aromatic carbocycles. The fourth-order valence-electron chi connectivity index (χ4n) is 10.0. The fraction of sp³-hybridized carbons (Fsp3) is 0.0500. The lowest BCUT2D eigenvalue weighted by atomic mass is 9.81. The predicted octanol–water partition coefficient (Wildman–Crippen LogP) is 15.6. The Morgan fingerprint density at radius 2 is 0.873 bits per heavy atom. The minimum atomic E-state index is -0.114. The van der Waals surface area contributed by atoms with Gasteiger partial charge in [0, 0.05) is 34.5 Å². The van der Waals surface area contributed by atoms with Crippen molar-refractivity contribution in [3.8, 4) is 78.4 Å². The number of rotatable bonds is 6. The van der Waals surface area contributed by atoms with E-state index in [0.29, 0.717) is 5.82 Å². The average Bonchev–Trinajstić information content (AvgIpc) is 3.59. The Morgan fingerprint density at radius 3 is 1.56 bits per heavy atom. The van der Waals surface area contributed by atoms with Gasteiger partial charge in [0.2, 0.25) is 0 Å². The Morgan fingerprint density at radius 1 is 0.349 bits per heavy atom. The molecule has 63 heavy (non-hydrogen) atoms. The van der Waals surface area contributed by atoms with Crippen LogP contribution in [0.15, 0.2) is 213 Å². The summed E-state index contributed by atoms with van der Waals surface area (Å²) in [6.45, 7) is 4.74. The van der Waals surface area contributed by atoms with Crippen LogP contribution in [0, 0.1) is 0 Å². The first kappa shape index (κ1) is 36.8. The standard InChI is InChI=1S/C60H41N3/c1-60(2)54-33-27-39-13-6-7-17-45(39)58(54)53-28-26-42(35-55(53)60)44-29-30-50(47-19-9-8-18-46(44)47)51-31-32-52(49-21-11-10-20-48(49)51)59-62-56(40-14-4-3-5-15-40)36-57(63-59)41-24-22-38(23-25-41)43-16-12-34-61-37-43/h3-37H,1-2H3. The normalized spacial score (nSPS) is 12.7. The molecule has 1 aliphatic carbocycles. The highest BCUT2D eigenvalue weighted by Gasteiger charge is 2.36. The third-order valence-corrected chi connectivity index (χ3v) is 13.2. The number of benzene rings is 9. The van der Waals surface area contributed by atoms with E-state index in [2.05, 4.69) is 207 Å². The van der Waals surface area contributed by atoms with Gasteiger partial charge in [-0.15, -0.1) is 0 Å². The van der Waals surface area contributed by atoms with Crippen LogP contribution in [0.5, 0.6) is 0 Å². The molecule has 0 atom stereocenters. The largest absolute Gasteiger partial charge is 0.264 e. The van der Waals surface area contributed by atoms with Crippen LogP contribution in [0.3, 0.4) is 0 Å². The lowest BCUT2D eigenvalue weighted by Crippen LogP contribution is -2.15. The van der Waals surface area contributed by atoms with Crippen LogP contribution in [-0.4, -0.2) is 15.0 Å². The van der Waals surface area contributed by atoms with Crippen molar-refractivity contribution in [2.45, 2.75) is 19.3 Å². The Bertz CT molecular complexity index is 3570. The highest BCUT2D eigenvalue weighted by atomic mass is 14.9. The van der Waals surface area contributed by atoms with Crippen LogP contribution >= 0.6 is 0 Å². The molecule has 0 fully saturated rings. The first-order valence-electron chi connectivity index (χ1n) is 21.7. The minimum absolute atomic E-state index is 0.114. The van der Waals surface area contributed by atoms with Crippen molar-refractivity contribution in [3.63, 3.8) is 0 Å². The van der Waals surface area contributed by atoms with Crippen LogP contribution in [0.2, 0.25) is 0 Å². The van der Waals surface area contributed by atoms with Crippen molar-refractivity contribution in [2.75, 3.05) is 0 Å². The summed E-state index contributed by atoms with van der Waals surface area (Å²) < 4.78 is 0. The summed E-state index contributed by atoms with van der Waals surface area (Å²) in [6, 6.07) is 72.3. The molecule has 0 radical (unpaired) electrons. The van der Waals surface area contributed by atoms with Gasteiger partial charge in [-0.05, 0) is 112 Å². The number of hydrogen-bond acceptors (Lipinski definition) is 3. The van der Waals surface area contributed by atoms with Crippen LogP contribution < -0.4 is 0 Å². The van der Waals surface area contributed by atoms with E-state index < -0.39 is 0 Å². The zero-order valence-electron chi connectivity index (χ0n) is 35.0.